The summed E-state index contributed by atoms with van der Waals surface area (Å²) in [5.74, 6) is 1.57. The number of nitrogens with one attached hydrogen (secondary N) is 1. The highest BCUT2D eigenvalue weighted by atomic mass is 16.6. The Kier molecular flexibility index (Phi) is 5.33. The van der Waals surface area contributed by atoms with Crippen molar-refractivity contribution in [3.05, 3.63) is 60.2 Å². The topological polar surface area (TPSA) is 64.2 Å². The molecule has 0 spiro atoms. The monoisotopic (exact) mass is 327 g/mol. The molecule has 0 unspecified atom stereocenters. The second-order valence-corrected chi connectivity index (χ2v) is 5.96. The van der Waals surface area contributed by atoms with Gasteiger partial charge in [-0.05, 0) is 24.6 Å². The third-order valence-electron chi connectivity index (χ3n) is 4.04. The zero-order valence-corrected chi connectivity index (χ0v) is 13.8. The lowest BCUT2D eigenvalue weighted by molar-refractivity contribution is -0.678. The van der Waals surface area contributed by atoms with Gasteiger partial charge in [-0.1, -0.05) is 42.5 Å². The van der Waals surface area contributed by atoms with Crippen molar-refractivity contribution in [3.8, 4) is 11.5 Å². The normalized spacial score (nSPS) is 17.1. The summed E-state index contributed by atoms with van der Waals surface area (Å²) < 4.78 is 11.6. The number of ether oxygens (including phenoxy) is 2. The van der Waals surface area contributed by atoms with Crippen molar-refractivity contribution in [3.63, 3.8) is 0 Å². The summed E-state index contributed by atoms with van der Waals surface area (Å²) in [6, 6.07) is 17.4. The van der Waals surface area contributed by atoms with E-state index in [1.54, 1.807) is 0 Å². The Bertz CT molecular complexity index is 675. The molecular weight excluding hydrogens is 304 g/mol. The molecule has 0 radical (unpaired) electrons. The summed E-state index contributed by atoms with van der Waals surface area (Å²) in [7, 11) is 0. The molecule has 0 saturated carbocycles. The number of hydrogen-bond acceptors (Lipinski definition) is 3. The fraction of sp³-hybridized carbons (Fsp3) is 0.316. The average molecular weight is 327 g/mol. The summed E-state index contributed by atoms with van der Waals surface area (Å²) in [6.45, 7) is 3.63. The SMILES string of the molecule is C[C@@H]([NH2+]C[C@H]1COc2ccccc2O1)C(=O)NCc1ccccc1. The largest absolute Gasteiger partial charge is 0.486 e. The molecule has 5 nitrogen and oxygen atoms in total. The highest BCUT2D eigenvalue weighted by Crippen LogP contribution is 2.30. The number of hydrogen-bond donors (Lipinski definition) is 2. The standard InChI is InChI=1S/C19H22N2O3/c1-14(19(22)21-11-15-7-3-2-4-8-15)20-12-16-13-23-17-9-5-6-10-18(17)24-16/h2-10,14,16,20H,11-13H2,1H3,(H,21,22)/p+1/t14-,16+/m1/s1. The summed E-state index contributed by atoms with van der Waals surface area (Å²) in [5.41, 5.74) is 1.10. The molecule has 0 saturated heterocycles. The van der Waals surface area contributed by atoms with Gasteiger partial charge in [-0.15, -0.1) is 0 Å². The minimum atomic E-state index is -0.172. The van der Waals surface area contributed by atoms with Crippen LogP contribution in [0.3, 0.4) is 0 Å². The smallest absolute Gasteiger partial charge is 0.278 e. The van der Waals surface area contributed by atoms with Crippen molar-refractivity contribution in [2.45, 2.75) is 25.6 Å². The quantitative estimate of drug-likeness (QED) is 0.835. The number of fused-ring (bicyclic) bond motifs is 1. The highest BCUT2D eigenvalue weighted by Gasteiger charge is 2.24. The number of carbonyl (C=O) groups is 1. The predicted molar refractivity (Wildman–Crippen MR) is 90.9 cm³/mol. The second kappa shape index (κ2) is 7.84. The molecule has 1 aliphatic heterocycles. The van der Waals surface area contributed by atoms with Crippen molar-refractivity contribution in [1.29, 1.82) is 0 Å². The molecule has 3 N–H and O–H groups in total. The number of quaternary nitrogens is 1. The Morgan fingerprint density at radius 2 is 1.88 bits per heavy atom. The summed E-state index contributed by atoms with van der Waals surface area (Å²) in [6.07, 6.45) is -0.0516. The fourth-order valence-corrected chi connectivity index (χ4v) is 2.59. The van der Waals surface area contributed by atoms with Crippen LogP contribution in [0.25, 0.3) is 0 Å². The van der Waals surface area contributed by atoms with Gasteiger partial charge in [0.15, 0.2) is 23.6 Å². The third-order valence-corrected chi connectivity index (χ3v) is 4.04. The first-order chi connectivity index (χ1) is 11.7. The third kappa shape index (κ3) is 4.26. The number of rotatable bonds is 6. The van der Waals surface area contributed by atoms with Crippen LogP contribution < -0.4 is 20.1 Å². The van der Waals surface area contributed by atoms with E-state index >= 15 is 0 Å². The lowest BCUT2D eigenvalue weighted by atomic mass is 10.2. The van der Waals surface area contributed by atoms with E-state index in [0.29, 0.717) is 19.7 Å². The van der Waals surface area contributed by atoms with Crippen LogP contribution in [0.2, 0.25) is 0 Å². The van der Waals surface area contributed by atoms with Crippen molar-refractivity contribution in [2.24, 2.45) is 0 Å². The molecule has 0 fully saturated rings. The van der Waals surface area contributed by atoms with Crippen LogP contribution >= 0.6 is 0 Å². The van der Waals surface area contributed by atoms with Gasteiger partial charge >= 0.3 is 0 Å². The molecule has 1 heterocycles. The van der Waals surface area contributed by atoms with Gasteiger partial charge in [-0.2, -0.15) is 0 Å². The maximum Gasteiger partial charge on any atom is 0.278 e. The van der Waals surface area contributed by atoms with Gasteiger partial charge in [0.25, 0.3) is 5.91 Å². The van der Waals surface area contributed by atoms with Gasteiger partial charge in [-0.3, -0.25) is 4.79 Å². The van der Waals surface area contributed by atoms with Gasteiger partial charge in [0.2, 0.25) is 0 Å². The van der Waals surface area contributed by atoms with Gasteiger partial charge in [-0.25, -0.2) is 0 Å². The zero-order valence-electron chi connectivity index (χ0n) is 13.8. The molecule has 0 aromatic heterocycles. The molecule has 1 aliphatic rings. The van der Waals surface area contributed by atoms with Crippen LogP contribution in [0.1, 0.15) is 12.5 Å². The number of nitrogens with two attached hydrogens (primary N) is 1. The summed E-state index contributed by atoms with van der Waals surface area (Å²) in [5, 5.41) is 4.95. The molecule has 2 atom stereocenters. The Labute approximate surface area is 142 Å². The summed E-state index contributed by atoms with van der Waals surface area (Å²) >= 11 is 0. The van der Waals surface area contributed by atoms with Crippen LogP contribution in [0.5, 0.6) is 11.5 Å². The van der Waals surface area contributed by atoms with Crippen LogP contribution in [0.4, 0.5) is 0 Å². The Balaban J connectivity index is 1.42. The van der Waals surface area contributed by atoms with Gasteiger partial charge in [0.1, 0.15) is 13.2 Å². The van der Waals surface area contributed by atoms with E-state index in [9.17, 15) is 4.79 Å². The fourth-order valence-electron chi connectivity index (χ4n) is 2.59. The first-order valence-corrected chi connectivity index (χ1v) is 8.26. The van der Waals surface area contributed by atoms with E-state index in [2.05, 4.69) is 5.32 Å². The van der Waals surface area contributed by atoms with Gasteiger partial charge in [0, 0.05) is 6.54 Å². The Morgan fingerprint density at radius 1 is 1.17 bits per heavy atom. The van der Waals surface area contributed by atoms with Crippen molar-refractivity contribution in [1.82, 2.24) is 5.32 Å². The Hall–Kier alpha value is -2.53. The number of amides is 1. The number of para-hydroxylation sites is 2. The van der Waals surface area contributed by atoms with E-state index in [1.165, 1.54) is 0 Å². The number of benzene rings is 2. The van der Waals surface area contributed by atoms with E-state index in [-0.39, 0.29) is 18.1 Å². The van der Waals surface area contributed by atoms with Crippen LogP contribution in [0.15, 0.2) is 54.6 Å². The molecule has 2 aromatic carbocycles. The van der Waals surface area contributed by atoms with E-state index in [4.69, 9.17) is 9.47 Å². The van der Waals surface area contributed by atoms with E-state index < -0.39 is 0 Å². The second-order valence-electron chi connectivity index (χ2n) is 5.96. The highest BCUT2D eigenvalue weighted by molar-refractivity contribution is 5.79. The minimum Gasteiger partial charge on any atom is -0.486 e. The van der Waals surface area contributed by atoms with E-state index in [1.807, 2.05) is 66.8 Å². The van der Waals surface area contributed by atoms with Crippen LogP contribution in [-0.4, -0.2) is 31.2 Å². The Morgan fingerprint density at radius 3 is 2.67 bits per heavy atom. The minimum absolute atomic E-state index is 0.0241. The van der Waals surface area contributed by atoms with Crippen LogP contribution in [-0.2, 0) is 11.3 Å². The molecule has 0 bridgehead atoms. The van der Waals surface area contributed by atoms with E-state index in [0.717, 1.165) is 17.1 Å². The van der Waals surface area contributed by atoms with Crippen molar-refractivity contribution in [2.75, 3.05) is 13.2 Å². The lowest BCUT2D eigenvalue weighted by Gasteiger charge is -2.26. The summed E-state index contributed by atoms with van der Waals surface area (Å²) in [4.78, 5) is 12.2. The molecule has 126 valence electrons. The molecule has 1 amide bonds. The lowest BCUT2D eigenvalue weighted by Crippen LogP contribution is -2.94. The van der Waals surface area contributed by atoms with Crippen molar-refractivity contribution >= 4 is 5.91 Å². The molecule has 3 rings (SSSR count). The maximum atomic E-state index is 12.2. The molecule has 24 heavy (non-hydrogen) atoms. The van der Waals surface area contributed by atoms with Crippen molar-refractivity contribution < 1.29 is 19.6 Å². The van der Waals surface area contributed by atoms with Gasteiger partial charge < -0.3 is 20.1 Å². The maximum absolute atomic E-state index is 12.2. The predicted octanol–water partition coefficient (Wildman–Crippen LogP) is 1.09. The first kappa shape index (κ1) is 16.3. The molecular formula is C19H23N2O3+. The van der Waals surface area contributed by atoms with Gasteiger partial charge in [0.05, 0.1) is 0 Å². The van der Waals surface area contributed by atoms with Crippen LogP contribution in [0, 0.1) is 0 Å². The number of carbonyl (C=O) groups excluding carboxylic acids is 1. The molecule has 5 heteroatoms. The first-order valence-electron chi connectivity index (χ1n) is 8.26. The molecule has 2 aromatic rings. The molecule has 0 aliphatic carbocycles. The average Bonchev–Trinajstić information content (AvgIpc) is 2.64. The zero-order chi connectivity index (χ0) is 16.8.